The number of oxime groups is 1. The number of nitrogens with one attached hydrogen (secondary N) is 2. The Bertz CT molecular complexity index is 2600. The van der Waals surface area contributed by atoms with Crippen LogP contribution in [0.5, 0.6) is 0 Å². The lowest BCUT2D eigenvalue weighted by atomic mass is 9.74. The van der Waals surface area contributed by atoms with Crippen molar-refractivity contribution in [1.29, 1.82) is 0 Å². The minimum Gasteiger partial charge on any atom is -0.461 e. The van der Waals surface area contributed by atoms with Crippen LogP contribution in [0.25, 0.3) is 0 Å². The first-order valence-electron chi connectivity index (χ1n) is 31.9. The fraction of sp³-hybridized carbons (Fsp3) is 0.828. The third kappa shape index (κ3) is 19.8. The quantitative estimate of drug-likeness (QED) is 0.0544. The van der Waals surface area contributed by atoms with Gasteiger partial charge in [0.05, 0.1) is 65.1 Å². The van der Waals surface area contributed by atoms with Gasteiger partial charge in [0.1, 0.15) is 43.7 Å². The average molecular weight is 1280 g/mol. The van der Waals surface area contributed by atoms with Crippen LogP contribution in [0.2, 0.25) is 0 Å². The molecule has 508 valence electrons. The molecule has 0 bridgehead atoms. The van der Waals surface area contributed by atoms with Gasteiger partial charge >= 0.3 is 18.0 Å². The summed E-state index contributed by atoms with van der Waals surface area (Å²) in [5, 5.41) is 29.9. The number of ketones is 1. The van der Waals surface area contributed by atoms with E-state index < -0.39 is 160 Å². The number of ether oxygens (including phenoxy) is 11. The molecule has 5 aliphatic rings. The van der Waals surface area contributed by atoms with Crippen LogP contribution in [0.3, 0.4) is 0 Å². The fourth-order valence-electron chi connectivity index (χ4n) is 13.0. The Morgan fingerprint density at radius 1 is 0.831 bits per heavy atom. The highest BCUT2D eigenvalue weighted by Gasteiger charge is 2.53. The second-order valence-electron chi connectivity index (χ2n) is 27.3. The minimum absolute atomic E-state index is 0.0155. The summed E-state index contributed by atoms with van der Waals surface area (Å²) in [5.74, 6) is -7.45. The van der Waals surface area contributed by atoms with Crippen molar-refractivity contribution in [3.63, 3.8) is 0 Å². The molecule has 1 amide bonds. The average Bonchev–Trinajstić information content (AvgIpc) is 2.67. The molecule has 0 aromatic heterocycles. The zero-order chi connectivity index (χ0) is 66.0. The first kappa shape index (κ1) is 74.1. The number of hydrogen-bond donors (Lipinski definition) is 4. The summed E-state index contributed by atoms with van der Waals surface area (Å²) in [6.07, 6.45) is -12.2. The Morgan fingerprint density at radius 2 is 1.49 bits per heavy atom. The number of amides is 1. The maximum absolute atomic E-state index is 16.1. The number of Topliss-reactive ketones (excluding diaryl/α,β-unsaturated/α-hetero) is 1. The van der Waals surface area contributed by atoms with Crippen molar-refractivity contribution in [3.05, 3.63) is 30.3 Å². The number of aliphatic hydroxyl groups excluding tert-OH is 2. The Labute approximate surface area is 528 Å². The Morgan fingerprint density at radius 3 is 2.11 bits per heavy atom. The van der Waals surface area contributed by atoms with Gasteiger partial charge in [-0.05, 0) is 105 Å². The number of cyclic esters (lactones) is 1. The van der Waals surface area contributed by atoms with Crippen molar-refractivity contribution >= 4 is 39.6 Å². The summed E-state index contributed by atoms with van der Waals surface area (Å²) < 4.78 is 100. The molecule has 24 nitrogen and oxygen atoms in total. The van der Waals surface area contributed by atoms with Gasteiger partial charge in [-0.2, -0.15) is 0 Å². The van der Waals surface area contributed by atoms with Crippen LogP contribution in [0.1, 0.15) is 142 Å². The molecule has 5 fully saturated rings. The normalized spacial score (nSPS) is 37.6. The summed E-state index contributed by atoms with van der Waals surface area (Å²) in [4.78, 5) is 68.2. The molecule has 1 aromatic carbocycles. The van der Waals surface area contributed by atoms with Gasteiger partial charge in [-0.3, -0.25) is 19.3 Å². The molecule has 4 saturated heterocycles. The first-order valence-corrected chi connectivity index (χ1v) is 33.4. The monoisotopic (exact) mass is 1280 g/mol. The van der Waals surface area contributed by atoms with Gasteiger partial charge in [0.15, 0.2) is 30.3 Å². The molecule has 1 aromatic rings. The van der Waals surface area contributed by atoms with E-state index in [0.717, 1.165) is 19.4 Å². The van der Waals surface area contributed by atoms with Gasteiger partial charge in [0.2, 0.25) is 10.0 Å². The highest BCUT2D eigenvalue weighted by Crippen LogP contribution is 2.41. The van der Waals surface area contributed by atoms with Gasteiger partial charge < -0.3 is 72.5 Å². The molecular formula is C64H106N4O20S. The van der Waals surface area contributed by atoms with Crippen LogP contribution in [-0.4, -0.2) is 204 Å². The molecule has 1 saturated carbocycles. The van der Waals surface area contributed by atoms with Crippen LogP contribution < -0.4 is 10.0 Å². The van der Waals surface area contributed by atoms with Gasteiger partial charge in [-0.1, -0.05) is 71.8 Å². The van der Waals surface area contributed by atoms with Crippen LogP contribution >= 0.6 is 0 Å². The van der Waals surface area contributed by atoms with Gasteiger partial charge in [-0.15, -0.1) is 0 Å². The van der Waals surface area contributed by atoms with Crippen molar-refractivity contribution in [2.75, 3.05) is 47.6 Å². The molecular weight excluding hydrogens is 1180 g/mol. The van der Waals surface area contributed by atoms with E-state index in [0.29, 0.717) is 18.9 Å². The second-order valence-corrected chi connectivity index (χ2v) is 29.0. The van der Waals surface area contributed by atoms with E-state index in [9.17, 15) is 28.2 Å². The highest BCUT2D eigenvalue weighted by atomic mass is 32.2. The summed E-state index contributed by atoms with van der Waals surface area (Å²) >= 11 is 0. The number of rotatable bonds is 22. The molecule has 1 aliphatic carbocycles. The number of benzene rings is 1. The zero-order valence-corrected chi connectivity index (χ0v) is 56.6. The number of methoxy groups -OCH3 is 2. The molecule has 89 heavy (non-hydrogen) atoms. The van der Waals surface area contributed by atoms with Crippen molar-refractivity contribution in [2.45, 2.75) is 250 Å². The Balaban J connectivity index is 1.50. The Kier molecular flexibility index (Phi) is 26.8. The number of carbonyl (C=O) groups is 4. The number of sulfonamides is 1. The zero-order valence-electron chi connectivity index (χ0n) is 55.8. The molecule has 2 unspecified atom stereocenters. The van der Waals surface area contributed by atoms with E-state index in [2.05, 4.69) is 27.0 Å². The first-order chi connectivity index (χ1) is 41.7. The van der Waals surface area contributed by atoms with Gasteiger partial charge in [0.25, 0.3) is 0 Å². The van der Waals surface area contributed by atoms with Crippen LogP contribution in [-0.2, 0) is 81.3 Å². The predicted molar refractivity (Wildman–Crippen MR) is 327 cm³/mol. The Hall–Kier alpha value is -3.96. The number of aliphatic hydroxyl groups is 2. The van der Waals surface area contributed by atoms with Gasteiger partial charge in [-0.25, -0.2) is 17.9 Å². The third-order valence-electron chi connectivity index (χ3n) is 18.1. The standard InChI is InChI=1S/C64H106N4O20S/c1-34(2)26-48(69)84-54-41(9)53(36(4)32-80-61-57(78-17)56(77-16)50(70)44(12)83-61)86-59(73)43(11)55(85-49-27-37(5)68(30-39(7)81-49)31-45-24-25-45)40(8)52(87-60-51(71)47(67-79-18)28-38(6)82-60)35(3)29-64(15,58(72)42(54)10)88-62(74)66-63(13,14)33-65-89(75,76)46-22-20-19-21-23-46/h19-23,34-45,49-57,60-61,65,70-71H,24-33H2,1-18H3,(H,66,74)/t35-,36?,37?,38+,39-,40+,41-,42+,43+,44+,49-,50+,51+,52-,53+,54+,55-,56+,57+,60-,61+,64-/m0/s1. The van der Waals surface area contributed by atoms with Crippen LogP contribution in [0.4, 0.5) is 4.79 Å². The lowest BCUT2D eigenvalue weighted by molar-refractivity contribution is -0.305. The van der Waals surface area contributed by atoms with E-state index >= 15 is 9.59 Å². The number of nitrogens with zero attached hydrogens (tertiary/aromatic N) is 2. The highest BCUT2D eigenvalue weighted by molar-refractivity contribution is 7.89. The van der Waals surface area contributed by atoms with Crippen molar-refractivity contribution in [3.8, 4) is 0 Å². The topological polar surface area (TPSA) is 293 Å². The molecule has 4 aliphatic heterocycles. The maximum atomic E-state index is 16.1. The largest absolute Gasteiger partial charge is 0.461 e. The van der Waals surface area contributed by atoms with Crippen molar-refractivity contribution in [2.24, 2.45) is 52.5 Å². The molecule has 4 heterocycles. The summed E-state index contributed by atoms with van der Waals surface area (Å²) in [7, 11) is 0.220. The summed E-state index contributed by atoms with van der Waals surface area (Å²) in [6.45, 7) is 27.5. The SMILES string of the molecule is CON=C1C[C@@H](C)O[C@@H](O[C@@H]2[C@@H](C)[C@H](O[C@H]3CC(C)N(CC4CC4)C[C@H](C)O3)[C@@H](C)C(=O)O[C@H](C(C)CO[C@@H]3O[C@H](C)[C@@H](O)[C@@H](OC)[C@H]3OC)[C@H](C)[C@@H](OC(=O)CC(C)C)[C@@H](C)C(=O)[C@@](C)(OC(=O)NC(C)(C)CNS(=O)(=O)c3ccccc3)C[C@@H]2C)[C@@H]1O. The molecule has 0 radical (unpaired) electrons. The minimum atomic E-state index is -4.03. The molecule has 4 N–H and O–H groups in total. The number of hydrogen-bond acceptors (Lipinski definition) is 22. The second kappa shape index (κ2) is 32.3. The smallest absolute Gasteiger partial charge is 0.408 e. The van der Waals surface area contributed by atoms with Crippen LogP contribution in [0, 0.1) is 47.3 Å². The third-order valence-corrected chi connectivity index (χ3v) is 19.5. The maximum Gasteiger partial charge on any atom is 0.408 e. The van der Waals surface area contributed by atoms with Crippen molar-refractivity contribution in [1.82, 2.24) is 14.9 Å². The lowest BCUT2D eigenvalue weighted by Crippen LogP contribution is -2.59. The van der Waals surface area contributed by atoms with E-state index in [1.165, 1.54) is 40.4 Å². The summed E-state index contributed by atoms with van der Waals surface area (Å²) in [5.41, 5.74) is -3.18. The van der Waals surface area contributed by atoms with E-state index in [-0.39, 0.29) is 61.1 Å². The number of carbonyl (C=O) groups excluding carboxylic acids is 4. The lowest BCUT2D eigenvalue weighted by Gasteiger charge is -2.45. The molecule has 6 rings (SSSR count). The van der Waals surface area contributed by atoms with E-state index in [4.69, 9.17) is 56.9 Å². The number of alkyl carbamates (subject to hydrolysis) is 1. The molecule has 0 spiro atoms. The van der Waals surface area contributed by atoms with E-state index in [1.807, 2.05) is 27.7 Å². The van der Waals surface area contributed by atoms with Gasteiger partial charge in [0, 0.05) is 76.9 Å². The number of esters is 2. The fourth-order valence-corrected chi connectivity index (χ4v) is 14.3. The van der Waals surface area contributed by atoms with Crippen molar-refractivity contribution < 1.29 is 94.8 Å². The molecule has 25 heteroatoms. The van der Waals surface area contributed by atoms with Crippen LogP contribution in [0.15, 0.2) is 40.4 Å². The summed E-state index contributed by atoms with van der Waals surface area (Å²) in [6, 6.07) is 7.77. The molecule has 22 atom stereocenters. The predicted octanol–water partition coefficient (Wildman–Crippen LogP) is 6.54. The van der Waals surface area contributed by atoms with E-state index in [1.54, 1.807) is 80.5 Å².